The van der Waals surface area contributed by atoms with Crippen LogP contribution in [0.15, 0.2) is 29.3 Å². The van der Waals surface area contributed by atoms with Crippen LogP contribution in [0.5, 0.6) is 0 Å². The van der Waals surface area contributed by atoms with Gasteiger partial charge in [-0.2, -0.15) is 4.98 Å². The average molecular weight is 219 g/mol. The van der Waals surface area contributed by atoms with E-state index < -0.39 is 17.6 Å². The van der Waals surface area contributed by atoms with Gasteiger partial charge in [-0.15, -0.1) is 0 Å². The van der Waals surface area contributed by atoms with Crippen LogP contribution in [-0.2, 0) is 4.79 Å². The number of hydrogen-bond acceptors (Lipinski definition) is 5. The number of fused-ring (bicyclic) bond motifs is 1. The summed E-state index contributed by atoms with van der Waals surface area (Å²) in [5, 5.41) is 8.89. The smallest absolute Gasteiger partial charge is 0.395 e. The summed E-state index contributed by atoms with van der Waals surface area (Å²) in [6, 6.07) is 3.16. The zero-order valence-electron chi connectivity index (χ0n) is 7.82. The van der Waals surface area contributed by atoms with Crippen molar-refractivity contribution in [2.24, 2.45) is 0 Å². The predicted molar refractivity (Wildman–Crippen MR) is 52.1 cm³/mol. The van der Waals surface area contributed by atoms with Crippen LogP contribution in [0.3, 0.4) is 0 Å². The Balaban J connectivity index is 2.72. The second-order valence-corrected chi connectivity index (χ2v) is 2.92. The van der Waals surface area contributed by atoms with Gasteiger partial charge in [0.1, 0.15) is 0 Å². The zero-order chi connectivity index (χ0) is 11.7. The van der Waals surface area contributed by atoms with Gasteiger partial charge in [-0.1, -0.05) is 0 Å². The second-order valence-electron chi connectivity index (χ2n) is 2.92. The first-order valence-electron chi connectivity index (χ1n) is 4.21. The lowest BCUT2D eigenvalue weighted by atomic mass is 10.3. The average Bonchev–Trinajstić information content (AvgIpc) is 2.27. The van der Waals surface area contributed by atoms with Gasteiger partial charge in [-0.25, -0.2) is 19.1 Å². The van der Waals surface area contributed by atoms with Crippen LogP contribution in [-0.4, -0.2) is 31.5 Å². The molecule has 2 aromatic rings. The number of aromatic nitrogens is 3. The molecule has 0 amide bonds. The van der Waals surface area contributed by atoms with Crippen molar-refractivity contribution in [1.82, 2.24) is 14.5 Å². The van der Waals surface area contributed by atoms with Gasteiger partial charge in [0.2, 0.25) is 0 Å². The zero-order valence-corrected chi connectivity index (χ0v) is 7.82. The van der Waals surface area contributed by atoms with Crippen LogP contribution >= 0.6 is 0 Å². The Hall–Kier alpha value is -2.57. The summed E-state index contributed by atoms with van der Waals surface area (Å²) in [6.07, 6.45) is 2.55. The van der Waals surface area contributed by atoms with Gasteiger partial charge in [0, 0.05) is 17.8 Å². The highest BCUT2D eigenvalue weighted by atomic mass is 16.4. The largest absolute Gasteiger partial charge is 0.474 e. The van der Waals surface area contributed by atoms with Crippen LogP contribution in [0.25, 0.3) is 11.0 Å². The van der Waals surface area contributed by atoms with E-state index in [1.165, 1.54) is 6.20 Å². The number of carbonyl (C=O) groups is 2. The lowest BCUT2D eigenvalue weighted by Gasteiger charge is -2.00. The number of pyridine rings is 1. The van der Waals surface area contributed by atoms with E-state index in [4.69, 9.17) is 5.11 Å². The maximum absolute atomic E-state index is 11.3. The molecule has 1 N–H and O–H groups in total. The van der Waals surface area contributed by atoms with E-state index in [1.54, 1.807) is 12.1 Å². The molecule has 0 aromatic carbocycles. The van der Waals surface area contributed by atoms with Gasteiger partial charge in [-0.05, 0) is 12.1 Å². The minimum Gasteiger partial charge on any atom is -0.474 e. The highest BCUT2D eigenvalue weighted by Gasteiger charge is 2.16. The van der Waals surface area contributed by atoms with Crippen molar-refractivity contribution in [1.29, 1.82) is 0 Å². The van der Waals surface area contributed by atoms with Crippen molar-refractivity contribution >= 4 is 22.9 Å². The standard InChI is InChI=1S/C9H5N3O4/c13-7(8(14)15)12-4-5-2-1-3-10-6(5)11-9(12)16/h1-4H,(H,14,15). The lowest BCUT2D eigenvalue weighted by molar-refractivity contribution is -0.132. The minimum atomic E-state index is -1.72. The monoisotopic (exact) mass is 219 g/mol. The molecule has 2 aromatic heterocycles. The molecule has 0 saturated carbocycles. The lowest BCUT2D eigenvalue weighted by Crippen LogP contribution is -2.33. The third-order valence-electron chi connectivity index (χ3n) is 1.89. The molecule has 2 rings (SSSR count). The maximum Gasteiger partial charge on any atom is 0.395 e. The van der Waals surface area contributed by atoms with E-state index in [2.05, 4.69) is 9.97 Å². The Morgan fingerprint density at radius 2 is 2.12 bits per heavy atom. The first-order chi connectivity index (χ1) is 7.59. The fourth-order valence-electron chi connectivity index (χ4n) is 1.19. The van der Waals surface area contributed by atoms with E-state index in [-0.39, 0.29) is 5.65 Å². The Bertz CT molecular complexity index is 646. The van der Waals surface area contributed by atoms with Crippen molar-refractivity contribution in [3.63, 3.8) is 0 Å². The number of carbonyl (C=O) groups excluding carboxylic acids is 1. The third kappa shape index (κ3) is 1.54. The fraction of sp³-hybridized carbons (Fsp3) is 0. The first kappa shape index (κ1) is 9.97. The molecule has 0 bridgehead atoms. The molecule has 7 nitrogen and oxygen atoms in total. The van der Waals surface area contributed by atoms with Crippen LogP contribution in [0, 0.1) is 0 Å². The van der Waals surface area contributed by atoms with Crippen LogP contribution in [0.4, 0.5) is 0 Å². The molecule has 0 aliphatic heterocycles. The van der Waals surface area contributed by atoms with Gasteiger partial charge < -0.3 is 5.11 Å². The van der Waals surface area contributed by atoms with Crippen molar-refractivity contribution in [2.75, 3.05) is 0 Å². The summed E-state index contributed by atoms with van der Waals surface area (Å²) in [4.78, 5) is 40.1. The summed E-state index contributed by atoms with van der Waals surface area (Å²) in [5.41, 5.74) is -0.791. The number of nitrogens with zero attached hydrogens (tertiary/aromatic N) is 3. The molecule has 0 fully saturated rings. The highest BCUT2D eigenvalue weighted by molar-refractivity contribution is 6.32. The molecule has 0 atom stereocenters. The molecule has 0 radical (unpaired) electrons. The molecular weight excluding hydrogens is 214 g/mol. The Morgan fingerprint density at radius 3 is 2.81 bits per heavy atom. The Labute approximate surface area is 88.0 Å². The molecule has 2 heterocycles. The number of rotatable bonds is 0. The first-order valence-corrected chi connectivity index (χ1v) is 4.21. The quantitative estimate of drug-likeness (QED) is 0.600. The molecule has 0 saturated heterocycles. The Morgan fingerprint density at radius 1 is 1.38 bits per heavy atom. The van der Waals surface area contributed by atoms with E-state index in [0.717, 1.165) is 6.20 Å². The molecule has 16 heavy (non-hydrogen) atoms. The second kappa shape index (κ2) is 3.54. The Kier molecular flexibility index (Phi) is 2.20. The molecule has 0 aliphatic rings. The van der Waals surface area contributed by atoms with Crippen LogP contribution in [0.2, 0.25) is 0 Å². The van der Waals surface area contributed by atoms with Crippen LogP contribution < -0.4 is 5.69 Å². The number of carboxylic acid groups (broad SMARTS) is 1. The summed E-state index contributed by atoms with van der Waals surface area (Å²) < 4.78 is 0.437. The molecule has 80 valence electrons. The molecular formula is C9H5N3O4. The third-order valence-corrected chi connectivity index (χ3v) is 1.89. The van der Waals surface area contributed by atoms with Gasteiger partial charge in [0.15, 0.2) is 5.65 Å². The van der Waals surface area contributed by atoms with Gasteiger partial charge in [0.25, 0.3) is 0 Å². The van der Waals surface area contributed by atoms with Crippen molar-refractivity contribution in [3.8, 4) is 0 Å². The van der Waals surface area contributed by atoms with Gasteiger partial charge in [0.05, 0.1) is 0 Å². The van der Waals surface area contributed by atoms with Gasteiger partial charge >= 0.3 is 17.6 Å². The fourth-order valence-corrected chi connectivity index (χ4v) is 1.19. The minimum absolute atomic E-state index is 0.168. The van der Waals surface area contributed by atoms with Crippen molar-refractivity contribution in [2.45, 2.75) is 0 Å². The van der Waals surface area contributed by atoms with E-state index in [1.807, 2.05) is 0 Å². The predicted octanol–water partition coefficient (Wildman–Crippen LogP) is -0.484. The maximum atomic E-state index is 11.3. The van der Waals surface area contributed by atoms with E-state index >= 15 is 0 Å². The molecule has 0 aliphatic carbocycles. The molecule has 0 unspecified atom stereocenters. The van der Waals surface area contributed by atoms with Crippen LogP contribution in [0.1, 0.15) is 4.79 Å². The molecule has 0 spiro atoms. The number of carboxylic acids is 1. The SMILES string of the molecule is O=C(O)C(=O)n1cc2cccnc2nc1=O. The van der Waals surface area contributed by atoms with Crippen molar-refractivity contribution < 1.29 is 14.7 Å². The molecule has 7 heteroatoms. The summed E-state index contributed by atoms with van der Waals surface area (Å²) >= 11 is 0. The van der Waals surface area contributed by atoms with Gasteiger partial charge in [-0.3, -0.25) is 4.79 Å². The van der Waals surface area contributed by atoms with E-state index in [0.29, 0.717) is 9.95 Å². The van der Waals surface area contributed by atoms with Crippen molar-refractivity contribution in [3.05, 3.63) is 35.0 Å². The summed E-state index contributed by atoms with van der Waals surface area (Å²) in [7, 11) is 0. The number of aliphatic carboxylic acids is 1. The topological polar surface area (TPSA) is 102 Å². The highest BCUT2D eigenvalue weighted by Crippen LogP contribution is 2.03. The van der Waals surface area contributed by atoms with E-state index in [9.17, 15) is 14.4 Å². The summed E-state index contributed by atoms with van der Waals surface area (Å²) in [5.74, 6) is -3.06. The summed E-state index contributed by atoms with van der Waals surface area (Å²) in [6.45, 7) is 0. The number of hydrogen-bond donors (Lipinski definition) is 1. The normalized spacial score (nSPS) is 10.2.